The van der Waals surface area contributed by atoms with E-state index in [1.165, 1.54) is 40.7 Å². The zero-order chi connectivity index (χ0) is 24.1. The summed E-state index contributed by atoms with van der Waals surface area (Å²) in [7, 11) is 0. The number of hydrogen-bond acceptors (Lipinski definition) is 3. The lowest BCUT2D eigenvalue weighted by molar-refractivity contribution is -0.131. The predicted octanol–water partition coefficient (Wildman–Crippen LogP) is 6.99. The number of Topliss-reactive ketones (excluding diaryl/α,β-unsaturated/α-hetero) is 2. The fourth-order valence-corrected chi connectivity index (χ4v) is 5.66. The second-order valence-corrected chi connectivity index (χ2v) is 11.6. The lowest BCUT2D eigenvalue weighted by atomic mass is 9.62. The maximum atomic E-state index is 12.4. The van der Waals surface area contributed by atoms with E-state index in [-0.39, 0.29) is 22.4 Å². The molecule has 0 amide bonds. The molecule has 2 aromatic rings. The highest BCUT2D eigenvalue weighted by molar-refractivity contribution is 6.09. The van der Waals surface area contributed by atoms with Gasteiger partial charge < -0.3 is 0 Å². The number of carbonyl (C=O) groups is 2. The molecule has 0 radical (unpaired) electrons. The molecule has 0 saturated heterocycles. The average molecular weight is 444 g/mol. The molecule has 1 heterocycles. The Kier molecular flexibility index (Phi) is 5.97. The van der Waals surface area contributed by atoms with Crippen molar-refractivity contribution in [3.63, 3.8) is 0 Å². The molecule has 0 bridgehead atoms. The third kappa shape index (κ3) is 4.23. The lowest BCUT2D eigenvalue weighted by Gasteiger charge is -2.42. The monoisotopic (exact) mass is 443 g/mol. The minimum Gasteiger partial charge on any atom is -0.299 e. The van der Waals surface area contributed by atoms with Gasteiger partial charge >= 0.3 is 0 Å². The molecule has 33 heavy (non-hydrogen) atoms. The van der Waals surface area contributed by atoms with E-state index in [2.05, 4.69) is 60.6 Å². The minimum atomic E-state index is -0.635. The molecule has 1 saturated carbocycles. The molecule has 174 valence electrons. The van der Waals surface area contributed by atoms with Gasteiger partial charge in [0.1, 0.15) is 17.5 Å². The number of hydrogen-bond donors (Lipinski definition) is 0. The van der Waals surface area contributed by atoms with E-state index in [0.717, 1.165) is 16.8 Å². The van der Waals surface area contributed by atoms with Crippen LogP contribution in [0.25, 0.3) is 5.57 Å². The van der Waals surface area contributed by atoms with Gasteiger partial charge in [0, 0.05) is 24.6 Å². The Balaban J connectivity index is 1.79. The Morgan fingerprint density at radius 3 is 2.00 bits per heavy atom. The number of pyridine rings is 1. The second-order valence-electron chi connectivity index (χ2n) is 11.6. The normalized spacial score (nSPS) is 19.8. The summed E-state index contributed by atoms with van der Waals surface area (Å²) >= 11 is 0. The topological polar surface area (TPSA) is 47.0 Å². The zero-order valence-electron chi connectivity index (χ0n) is 21.3. The molecule has 0 atom stereocenters. The molecule has 1 aromatic heterocycles. The third-order valence-electron chi connectivity index (χ3n) is 7.83. The Morgan fingerprint density at radius 1 is 0.909 bits per heavy atom. The number of nitrogens with zero attached hydrogens (tertiary/aromatic N) is 1. The van der Waals surface area contributed by atoms with Gasteiger partial charge in [-0.05, 0) is 90.8 Å². The average Bonchev–Trinajstić information content (AvgIpc) is 2.73. The van der Waals surface area contributed by atoms with Gasteiger partial charge in [0.2, 0.25) is 0 Å². The molecule has 2 aliphatic rings. The van der Waals surface area contributed by atoms with Gasteiger partial charge in [-0.3, -0.25) is 14.6 Å². The SMILES string of the molecule is CC(C)=C(c1ccc(C2C(=O)CCCC2=O)cn1)c1cc2c(cc1C)C(C)(C)CCC2(C)C. The summed E-state index contributed by atoms with van der Waals surface area (Å²) < 4.78 is 0. The van der Waals surface area contributed by atoms with E-state index in [0.29, 0.717) is 19.3 Å². The molecule has 4 rings (SSSR count). The number of fused-ring (bicyclic) bond motifs is 1. The van der Waals surface area contributed by atoms with Crippen molar-refractivity contribution >= 4 is 17.1 Å². The Morgan fingerprint density at radius 2 is 1.48 bits per heavy atom. The highest BCUT2D eigenvalue weighted by atomic mass is 16.2. The molecule has 3 nitrogen and oxygen atoms in total. The highest BCUT2D eigenvalue weighted by Crippen LogP contribution is 2.47. The molecule has 1 fully saturated rings. The summed E-state index contributed by atoms with van der Waals surface area (Å²) in [5, 5.41) is 0. The van der Waals surface area contributed by atoms with E-state index in [4.69, 9.17) is 4.98 Å². The number of carbonyl (C=O) groups excluding carboxylic acids is 2. The van der Waals surface area contributed by atoms with Gasteiger partial charge in [0.15, 0.2) is 0 Å². The number of ketones is 2. The third-order valence-corrected chi connectivity index (χ3v) is 7.83. The van der Waals surface area contributed by atoms with E-state index in [1.807, 2.05) is 12.1 Å². The van der Waals surface area contributed by atoms with Crippen LogP contribution >= 0.6 is 0 Å². The van der Waals surface area contributed by atoms with E-state index < -0.39 is 5.92 Å². The molecular weight excluding hydrogens is 406 g/mol. The van der Waals surface area contributed by atoms with Crippen LogP contribution in [-0.2, 0) is 20.4 Å². The van der Waals surface area contributed by atoms with Crippen LogP contribution in [0.3, 0.4) is 0 Å². The van der Waals surface area contributed by atoms with Crippen LogP contribution in [0.15, 0.2) is 36.0 Å². The summed E-state index contributed by atoms with van der Waals surface area (Å²) in [6.07, 6.45) is 5.76. The van der Waals surface area contributed by atoms with Gasteiger partial charge in [-0.25, -0.2) is 0 Å². The second kappa shape index (κ2) is 8.34. The molecule has 0 aliphatic heterocycles. The van der Waals surface area contributed by atoms with Crippen LogP contribution < -0.4 is 0 Å². The van der Waals surface area contributed by atoms with Gasteiger partial charge in [0.25, 0.3) is 0 Å². The van der Waals surface area contributed by atoms with E-state index in [1.54, 1.807) is 6.20 Å². The van der Waals surface area contributed by atoms with Crippen LogP contribution in [0.1, 0.15) is 113 Å². The Labute approximate surface area is 198 Å². The van der Waals surface area contributed by atoms with Crippen molar-refractivity contribution < 1.29 is 9.59 Å². The fourth-order valence-electron chi connectivity index (χ4n) is 5.66. The molecule has 2 aliphatic carbocycles. The smallest absolute Gasteiger partial charge is 0.147 e. The molecule has 1 aromatic carbocycles. The van der Waals surface area contributed by atoms with Crippen LogP contribution in [0, 0.1) is 6.92 Å². The molecule has 3 heteroatoms. The number of rotatable bonds is 3. The van der Waals surface area contributed by atoms with Crippen LogP contribution in [0.2, 0.25) is 0 Å². The van der Waals surface area contributed by atoms with Crippen LogP contribution in [0.4, 0.5) is 0 Å². The van der Waals surface area contributed by atoms with Crippen molar-refractivity contribution in [2.45, 2.75) is 97.3 Å². The first-order chi connectivity index (χ1) is 15.4. The summed E-state index contributed by atoms with van der Waals surface area (Å²) in [6, 6.07) is 8.71. The Bertz CT molecular complexity index is 1130. The predicted molar refractivity (Wildman–Crippen MR) is 135 cm³/mol. The summed E-state index contributed by atoms with van der Waals surface area (Å²) in [6.45, 7) is 15.9. The zero-order valence-corrected chi connectivity index (χ0v) is 21.3. The van der Waals surface area contributed by atoms with Gasteiger partial charge in [-0.2, -0.15) is 0 Å². The van der Waals surface area contributed by atoms with Gasteiger partial charge in [-0.15, -0.1) is 0 Å². The standard InChI is InChI=1S/C30H37NO2/c1-18(2)27(24-12-11-20(17-31-24)28-25(32)9-8-10-26(28)33)21-16-23-22(15-19(21)3)29(4,5)13-14-30(23,6)7/h11-12,15-17,28H,8-10,13-14H2,1-7H3. The summed E-state index contributed by atoms with van der Waals surface area (Å²) in [5.41, 5.74) is 9.68. The molecule has 0 N–H and O–H groups in total. The minimum absolute atomic E-state index is 0.0265. The van der Waals surface area contributed by atoms with E-state index >= 15 is 0 Å². The first-order valence-electron chi connectivity index (χ1n) is 12.3. The number of aromatic nitrogens is 1. The van der Waals surface area contributed by atoms with Crippen LogP contribution in [0.5, 0.6) is 0 Å². The summed E-state index contributed by atoms with van der Waals surface area (Å²) in [4.78, 5) is 29.6. The maximum Gasteiger partial charge on any atom is 0.147 e. The number of benzene rings is 1. The van der Waals surface area contributed by atoms with E-state index in [9.17, 15) is 9.59 Å². The number of aryl methyl sites for hydroxylation is 1. The van der Waals surface area contributed by atoms with Crippen molar-refractivity contribution in [3.8, 4) is 0 Å². The fraction of sp³-hybridized carbons (Fsp3) is 0.500. The first-order valence-corrected chi connectivity index (χ1v) is 12.3. The number of allylic oxidation sites excluding steroid dienone is 1. The van der Waals surface area contributed by atoms with Crippen molar-refractivity contribution in [3.05, 3.63) is 69.5 Å². The van der Waals surface area contributed by atoms with Crippen molar-refractivity contribution in [1.29, 1.82) is 0 Å². The largest absolute Gasteiger partial charge is 0.299 e. The molecular formula is C30H37NO2. The van der Waals surface area contributed by atoms with Crippen molar-refractivity contribution in [2.75, 3.05) is 0 Å². The first kappa shape index (κ1) is 23.6. The van der Waals surface area contributed by atoms with Gasteiger partial charge in [0.05, 0.1) is 5.69 Å². The Hall–Kier alpha value is -2.55. The van der Waals surface area contributed by atoms with Crippen LogP contribution in [-0.4, -0.2) is 16.6 Å². The highest BCUT2D eigenvalue weighted by Gasteiger charge is 2.38. The summed E-state index contributed by atoms with van der Waals surface area (Å²) in [5.74, 6) is -0.582. The quantitative estimate of drug-likeness (QED) is 0.480. The van der Waals surface area contributed by atoms with Gasteiger partial charge in [-0.1, -0.05) is 45.4 Å². The molecule has 0 unspecified atom stereocenters. The lowest BCUT2D eigenvalue weighted by Crippen LogP contribution is -2.34. The molecule has 0 spiro atoms. The van der Waals surface area contributed by atoms with Crippen molar-refractivity contribution in [1.82, 2.24) is 4.98 Å². The maximum absolute atomic E-state index is 12.4. The van der Waals surface area contributed by atoms with Crippen molar-refractivity contribution in [2.24, 2.45) is 0 Å².